The summed E-state index contributed by atoms with van der Waals surface area (Å²) in [5.41, 5.74) is 1.36. The average Bonchev–Trinajstić information content (AvgIpc) is 2.41. The van der Waals surface area contributed by atoms with Gasteiger partial charge in [0.15, 0.2) is 5.78 Å². The molecule has 0 aliphatic carbocycles. The molecule has 0 atom stereocenters. The number of hydrogen-bond donors (Lipinski definition) is 1. The summed E-state index contributed by atoms with van der Waals surface area (Å²) in [6, 6.07) is 9.21. The van der Waals surface area contributed by atoms with E-state index in [1.54, 1.807) is 37.4 Å². The van der Waals surface area contributed by atoms with Gasteiger partial charge in [-0.05, 0) is 38.1 Å². The Bertz CT molecular complexity index is 755. The lowest BCUT2D eigenvalue weighted by Crippen LogP contribution is -2.14. The van der Waals surface area contributed by atoms with Crippen molar-refractivity contribution in [2.24, 2.45) is 0 Å². The third-order valence-corrected chi connectivity index (χ3v) is 4.17. The monoisotopic (exact) mass is 290 g/mol. The summed E-state index contributed by atoms with van der Waals surface area (Å²) in [5.74, 6) is -0.181. The van der Waals surface area contributed by atoms with Crippen molar-refractivity contribution < 1.29 is 13.2 Å². The van der Waals surface area contributed by atoms with E-state index in [2.05, 4.69) is 9.71 Å². The molecule has 6 heteroatoms. The number of anilines is 1. The van der Waals surface area contributed by atoms with Crippen LogP contribution in [0.1, 0.15) is 23.0 Å². The topological polar surface area (TPSA) is 76.1 Å². The summed E-state index contributed by atoms with van der Waals surface area (Å²) in [5, 5.41) is 0. The second-order valence-corrected chi connectivity index (χ2v) is 6.01. The van der Waals surface area contributed by atoms with Gasteiger partial charge in [-0.1, -0.05) is 12.1 Å². The molecule has 1 N–H and O–H groups in total. The number of ketones is 1. The fourth-order valence-electron chi connectivity index (χ4n) is 1.68. The van der Waals surface area contributed by atoms with E-state index in [-0.39, 0.29) is 10.7 Å². The molecule has 0 saturated carbocycles. The minimum absolute atomic E-state index is 0.0495. The first-order valence-corrected chi connectivity index (χ1v) is 7.44. The zero-order valence-electron chi connectivity index (χ0n) is 11.1. The number of hydrogen-bond acceptors (Lipinski definition) is 4. The minimum Gasteiger partial charge on any atom is -0.295 e. The second-order valence-electron chi connectivity index (χ2n) is 4.33. The summed E-state index contributed by atoms with van der Waals surface area (Å²) in [6.07, 6.45) is 1.59. The Morgan fingerprint density at radius 3 is 2.60 bits per heavy atom. The molecular weight excluding hydrogens is 276 g/mol. The van der Waals surface area contributed by atoms with Crippen molar-refractivity contribution in [1.82, 2.24) is 4.98 Å². The van der Waals surface area contributed by atoms with Gasteiger partial charge >= 0.3 is 0 Å². The lowest BCUT2D eigenvalue weighted by Gasteiger charge is -2.10. The summed E-state index contributed by atoms with van der Waals surface area (Å²) in [6.45, 7) is 3.11. The quantitative estimate of drug-likeness (QED) is 0.877. The number of pyridine rings is 1. The first kappa shape index (κ1) is 14.2. The molecule has 0 aliphatic rings. The highest BCUT2D eigenvalue weighted by Crippen LogP contribution is 2.18. The summed E-state index contributed by atoms with van der Waals surface area (Å²) in [7, 11) is -3.73. The molecule has 104 valence electrons. The predicted octanol–water partition coefficient (Wildman–Crippen LogP) is 2.39. The van der Waals surface area contributed by atoms with Crippen LogP contribution in [0.2, 0.25) is 0 Å². The summed E-state index contributed by atoms with van der Waals surface area (Å²) >= 11 is 0. The molecule has 5 nitrogen and oxygen atoms in total. The standard InChI is InChI=1S/C14H14N2O3S/c1-10-14(7-4-8-15-10)16-20(18,19)13-6-3-5-12(9-13)11(2)17/h3-9,16H,1-2H3. The number of sulfonamides is 1. The highest BCUT2D eigenvalue weighted by Gasteiger charge is 2.16. The normalized spacial score (nSPS) is 11.1. The molecule has 0 saturated heterocycles. The van der Waals surface area contributed by atoms with E-state index in [4.69, 9.17) is 0 Å². The van der Waals surface area contributed by atoms with E-state index >= 15 is 0 Å². The number of carbonyl (C=O) groups is 1. The van der Waals surface area contributed by atoms with Gasteiger partial charge in [0, 0.05) is 11.8 Å². The molecule has 1 aromatic heterocycles. The Balaban J connectivity index is 2.38. The van der Waals surface area contributed by atoms with Gasteiger partial charge in [-0.2, -0.15) is 0 Å². The number of nitrogens with zero attached hydrogens (tertiary/aromatic N) is 1. The number of aromatic nitrogens is 1. The van der Waals surface area contributed by atoms with Crippen molar-refractivity contribution in [3.63, 3.8) is 0 Å². The number of benzene rings is 1. The highest BCUT2D eigenvalue weighted by molar-refractivity contribution is 7.92. The number of carbonyl (C=O) groups excluding carboxylic acids is 1. The van der Waals surface area contributed by atoms with Crippen molar-refractivity contribution in [2.45, 2.75) is 18.7 Å². The number of nitrogens with one attached hydrogen (secondary N) is 1. The molecule has 2 rings (SSSR count). The first-order valence-electron chi connectivity index (χ1n) is 5.95. The number of rotatable bonds is 4. The average molecular weight is 290 g/mol. The molecule has 0 aliphatic heterocycles. The molecule has 0 radical (unpaired) electrons. The van der Waals surface area contributed by atoms with E-state index in [9.17, 15) is 13.2 Å². The molecule has 0 spiro atoms. The molecule has 1 aromatic carbocycles. The van der Waals surface area contributed by atoms with Crippen molar-refractivity contribution in [1.29, 1.82) is 0 Å². The fourth-order valence-corrected chi connectivity index (χ4v) is 2.84. The Morgan fingerprint density at radius 2 is 1.95 bits per heavy atom. The summed E-state index contributed by atoms with van der Waals surface area (Å²) < 4.78 is 27.0. The maximum absolute atomic E-state index is 12.3. The van der Waals surface area contributed by atoms with Crippen LogP contribution in [0, 0.1) is 6.92 Å². The van der Waals surface area contributed by atoms with Crippen molar-refractivity contribution in [2.75, 3.05) is 4.72 Å². The third-order valence-electron chi connectivity index (χ3n) is 2.80. The van der Waals surface area contributed by atoms with Gasteiger partial charge in [-0.25, -0.2) is 8.42 Å². The zero-order chi connectivity index (χ0) is 14.8. The molecule has 1 heterocycles. The SMILES string of the molecule is CC(=O)c1cccc(S(=O)(=O)Nc2cccnc2C)c1. The lowest BCUT2D eigenvalue weighted by molar-refractivity contribution is 0.101. The van der Waals surface area contributed by atoms with Gasteiger partial charge in [0.05, 0.1) is 16.3 Å². The van der Waals surface area contributed by atoms with Crippen LogP contribution in [0.15, 0.2) is 47.5 Å². The Morgan fingerprint density at radius 1 is 1.20 bits per heavy atom. The van der Waals surface area contributed by atoms with E-state index in [0.717, 1.165) is 0 Å². The van der Waals surface area contributed by atoms with Gasteiger partial charge in [0.2, 0.25) is 0 Å². The van der Waals surface area contributed by atoms with Gasteiger partial charge in [-0.15, -0.1) is 0 Å². The van der Waals surface area contributed by atoms with E-state index in [1.165, 1.54) is 19.1 Å². The number of Topliss-reactive ketones (excluding diaryl/α,β-unsaturated/α-hetero) is 1. The van der Waals surface area contributed by atoms with Crippen LogP contribution in [-0.2, 0) is 10.0 Å². The van der Waals surface area contributed by atoms with Crippen molar-refractivity contribution in [3.05, 3.63) is 53.9 Å². The third kappa shape index (κ3) is 3.03. The molecule has 0 amide bonds. The van der Waals surface area contributed by atoms with E-state index < -0.39 is 10.0 Å². The molecular formula is C14H14N2O3S. The first-order chi connectivity index (χ1) is 9.40. The van der Waals surface area contributed by atoms with Crippen LogP contribution < -0.4 is 4.72 Å². The molecule has 0 unspecified atom stereocenters. The zero-order valence-corrected chi connectivity index (χ0v) is 11.9. The molecule has 0 bridgehead atoms. The lowest BCUT2D eigenvalue weighted by atomic mass is 10.2. The Hall–Kier alpha value is -2.21. The van der Waals surface area contributed by atoms with Crippen LogP contribution in [0.3, 0.4) is 0 Å². The van der Waals surface area contributed by atoms with Crippen LogP contribution in [0.5, 0.6) is 0 Å². The summed E-state index contributed by atoms with van der Waals surface area (Å²) in [4.78, 5) is 15.4. The fraction of sp³-hybridized carbons (Fsp3) is 0.143. The highest BCUT2D eigenvalue weighted by atomic mass is 32.2. The second kappa shape index (κ2) is 5.42. The van der Waals surface area contributed by atoms with Crippen molar-refractivity contribution >= 4 is 21.5 Å². The maximum Gasteiger partial charge on any atom is 0.261 e. The predicted molar refractivity (Wildman–Crippen MR) is 76.2 cm³/mol. The smallest absolute Gasteiger partial charge is 0.261 e. The van der Waals surface area contributed by atoms with Crippen LogP contribution in [0.4, 0.5) is 5.69 Å². The van der Waals surface area contributed by atoms with Gasteiger partial charge in [-0.3, -0.25) is 14.5 Å². The largest absolute Gasteiger partial charge is 0.295 e. The van der Waals surface area contributed by atoms with Crippen molar-refractivity contribution in [3.8, 4) is 0 Å². The Kier molecular flexibility index (Phi) is 3.85. The van der Waals surface area contributed by atoms with Crippen LogP contribution >= 0.6 is 0 Å². The van der Waals surface area contributed by atoms with E-state index in [1.807, 2.05) is 0 Å². The minimum atomic E-state index is -3.73. The molecule has 2 aromatic rings. The van der Waals surface area contributed by atoms with E-state index in [0.29, 0.717) is 16.9 Å². The van der Waals surface area contributed by atoms with Gasteiger partial charge in [0.25, 0.3) is 10.0 Å². The molecule has 20 heavy (non-hydrogen) atoms. The number of aryl methyl sites for hydroxylation is 1. The maximum atomic E-state index is 12.3. The Labute approximate surface area is 117 Å². The van der Waals surface area contributed by atoms with Crippen LogP contribution in [0.25, 0.3) is 0 Å². The van der Waals surface area contributed by atoms with Crippen LogP contribution in [-0.4, -0.2) is 19.2 Å². The van der Waals surface area contributed by atoms with Gasteiger partial charge in [0.1, 0.15) is 0 Å². The van der Waals surface area contributed by atoms with Gasteiger partial charge < -0.3 is 0 Å². The molecule has 0 fully saturated rings.